The second kappa shape index (κ2) is 21.0. The fourth-order valence-electron chi connectivity index (χ4n) is 4.38. The molecule has 0 heterocycles. The second-order valence-electron chi connectivity index (χ2n) is 8.13. The zero-order valence-corrected chi connectivity index (χ0v) is 20.4. The molecule has 0 rings (SSSR count). The molecule has 0 fully saturated rings. The number of halogens is 1. The Bertz CT molecular complexity index is 225. The highest BCUT2D eigenvalue weighted by Gasteiger charge is 2.23. The van der Waals surface area contributed by atoms with Gasteiger partial charge in [-0.05, 0) is 32.1 Å². The average molecular weight is 468 g/mol. The van der Waals surface area contributed by atoms with E-state index in [-0.39, 0.29) is 24.0 Å². The van der Waals surface area contributed by atoms with Crippen molar-refractivity contribution in [3.8, 4) is 0 Å². The van der Waals surface area contributed by atoms with Crippen LogP contribution < -0.4 is 24.0 Å². The highest BCUT2D eigenvalue weighted by molar-refractivity contribution is 4.50. The van der Waals surface area contributed by atoms with Crippen LogP contribution >= 0.6 is 0 Å². The van der Waals surface area contributed by atoms with Crippen molar-refractivity contribution < 1.29 is 28.5 Å². The van der Waals surface area contributed by atoms with E-state index in [0.717, 1.165) is 0 Å². The summed E-state index contributed by atoms with van der Waals surface area (Å²) < 4.78 is 1.40. The first-order valence-corrected chi connectivity index (χ1v) is 11.6. The van der Waals surface area contributed by atoms with Crippen molar-refractivity contribution in [1.82, 2.24) is 0 Å². The van der Waals surface area contributed by atoms with Gasteiger partial charge in [-0.15, -0.1) is 0 Å². The Kier molecular flexibility index (Phi) is 23.4. The van der Waals surface area contributed by atoms with Crippen molar-refractivity contribution in [2.24, 2.45) is 0 Å². The summed E-state index contributed by atoms with van der Waals surface area (Å²) in [7, 11) is 0. The van der Waals surface area contributed by atoms with Crippen LogP contribution in [0.4, 0.5) is 0 Å². The predicted molar refractivity (Wildman–Crippen MR) is 112 cm³/mol. The first-order valence-electron chi connectivity index (χ1n) is 11.6. The number of hydrogen-bond acceptors (Lipinski definition) is 0. The third-order valence-electron chi connectivity index (χ3n) is 5.58. The van der Waals surface area contributed by atoms with Gasteiger partial charge in [-0.3, -0.25) is 0 Å². The Balaban J connectivity index is 0. The van der Waals surface area contributed by atoms with Crippen LogP contribution in [0.1, 0.15) is 124 Å². The van der Waals surface area contributed by atoms with E-state index in [4.69, 9.17) is 0 Å². The fraction of sp³-hybridized carbons (Fsp3) is 1.00. The molecule has 0 aliphatic heterocycles. The van der Waals surface area contributed by atoms with E-state index in [2.05, 4.69) is 27.7 Å². The van der Waals surface area contributed by atoms with E-state index in [9.17, 15) is 0 Å². The van der Waals surface area contributed by atoms with Gasteiger partial charge in [0.05, 0.1) is 26.2 Å². The van der Waals surface area contributed by atoms with Gasteiger partial charge in [-0.25, -0.2) is 0 Å². The zero-order valence-electron chi connectivity index (χ0n) is 18.3. The number of quaternary nitrogens is 1. The minimum atomic E-state index is 0. The summed E-state index contributed by atoms with van der Waals surface area (Å²) in [6, 6.07) is 0. The molecule has 0 aromatic heterocycles. The van der Waals surface area contributed by atoms with E-state index in [0.29, 0.717) is 0 Å². The number of unbranched alkanes of at least 4 members (excludes halogenated alkanes) is 11. The quantitative estimate of drug-likeness (QED) is 0.146. The van der Waals surface area contributed by atoms with E-state index in [1.54, 1.807) is 0 Å². The van der Waals surface area contributed by atoms with Crippen LogP contribution in [0.2, 0.25) is 0 Å². The van der Waals surface area contributed by atoms with Gasteiger partial charge >= 0.3 is 0 Å². The molecule has 0 atom stereocenters. The zero-order chi connectivity index (χ0) is 17.9. The van der Waals surface area contributed by atoms with Crippen LogP contribution in [0.15, 0.2) is 0 Å². The smallest absolute Gasteiger partial charge is 0.0786 e. The maximum Gasteiger partial charge on any atom is 0.0786 e. The SMILES string of the molecule is CCCCCCCCCCCCCC[N+](CCC)(CCC)CCC.[I-]. The maximum atomic E-state index is 2.36. The average Bonchev–Trinajstić information content (AvgIpc) is 2.56. The molecule has 154 valence electrons. The fourth-order valence-corrected chi connectivity index (χ4v) is 4.38. The lowest BCUT2D eigenvalue weighted by atomic mass is 10.0. The molecular weight excluding hydrogens is 417 g/mol. The van der Waals surface area contributed by atoms with Crippen molar-refractivity contribution in [3.05, 3.63) is 0 Å². The lowest BCUT2D eigenvalue weighted by molar-refractivity contribution is -0.928. The Morgan fingerprint density at radius 2 is 0.680 bits per heavy atom. The van der Waals surface area contributed by atoms with Crippen molar-refractivity contribution in [1.29, 1.82) is 0 Å². The van der Waals surface area contributed by atoms with Crippen LogP contribution in [0.25, 0.3) is 0 Å². The van der Waals surface area contributed by atoms with Crippen molar-refractivity contribution >= 4 is 0 Å². The van der Waals surface area contributed by atoms with Crippen LogP contribution in [-0.2, 0) is 0 Å². The Labute approximate surface area is 178 Å². The molecule has 0 spiro atoms. The summed E-state index contributed by atoms with van der Waals surface area (Å²) in [4.78, 5) is 0. The van der Waals surface area contributed by atoms with Crippen LogP contribution in [0.3, 0.4) is 0 Å². The largest absolute Gasteiger partial charge is 1.00 e. The number of nitrogens with zero attached hydrogens (tertiary/aromatic N) is 1. The molecule has 0 amide bonds. The van der Waals surface area contributed by atoms with Gasteiger partial charge in [0.1, 0.15) is 0 Å². The van der Waals surface area contributed by atoms with E-state index in [1.165, 1.54) is 127 Å². The van der Waals surface area contributed by atoms with Crippen LogP contribution in [-0.4, -0.2) is 30.7 Å². The summed E-state index contributed by atoms with van der Waals surface area (Å²) in [6.45, 7) is 15.0. The summed E-state index contributed by atoms with van der Waals surface area (Å²) >= 11 is 0. The van der Waals surface area contributed by atoms with Gasteiger partial charge < -0.3 is 28.5 Å². The van der Waals surface area contributed by atoms with E-state index in [1.807, 2.05) is 0 Å². The molecule has 0 N–H and O–H groups in total. The summed E-state index contributed by atoms with van der Waals surface area (Å²) in [5.41, 5.74) is 0. The predicted octanol–water partition coefficient (Wildman–Crippen LogP) is 4.74. The molecule has 0 aromatic rings. The highest BCUT2D eigenvalue weighted by Crippen LogP contribution is 2.16. The van der Waals surface area contributed by atoms with Gasteiger partial charge in [0, 0.05) is 0 Å². The summed E-state index contributed by atoms with van der Waals surface area (Å²) in [5, 5.41) is 0. The monoisotopic (exact) mass is 467 g/mol. The van der Waals surface area contributed by atoms with Gasteiger partial charge in [0.2, 0.25) is 0 Å². The van der Waals surface area contributed by atoms with Crippen LogP contribution in [0.5, 0.6) is 0 Å². The number of rotatable bonds is 19. The summed E-state index contributed by atoms with van der Waals surface area (Å²) in [6.07, 6.45) is 21.6. The van der Waals surface area contributed by atoms with Gasteiger partial charge in [0.25, 0.3) is 0 Å². The van der Waals surface area contributed by atoms with E-state index < -0.39 is 0 Å². The first-order chi connectivity index (χ1) is 11.7. The third-order valence-corrected chi connectivity index (χ3v) is 5.58. The number of hydrogen-bond donors (Lipinski definition) is 0. The molecule has 0 radical (unpaired) electrons. The molecule has 0 aliphatic carbocycles. The first kappa shape index (κ1) is 27.9. The normalized spacial score (nSPS) is 11.5. The van der Waals surface area contributed by atoms with Gasteiger partial charge in [0.15, 0.2) is 0 Å². The molecule has 1 nitrogen and oxygen atoms in total. The minimum absolute atomic E-state index is 0. The lowest BCUT2D eigenvalue weighted by Crippen LogP contribution is -3.00. The maximum absolute atomic E-state index is 2.36. The highest BCUT2D eigenvalue weighted by atomic mass is 127. The lowest BCUT2D eigenvalue weighted by Gasteiger charge is -2.38. The van der Waals surface area contributed by atoms with Gasteiger partial charge in [-0.1, -0.05) is 91.9 Å². The van der Waals surface area contributed by atoms with Crippen molar-refractivity contribution in [2.45, 2.75) is 124 Å². The van der Waals surface area contributed by atoms with Crippen molar-refractivity contribution in [3.63, 3.8) is 0 Å². The Hall–Kier alpha value is 0.690. The van der Waals surface area contributed by atoms with Crippen LogP contribution in [0, 0.1) is 0 Å². The molecule has 2 heteroatoms. The Morgan fingerprint density at radius 3 is 1.00 bits per heavy atom. The minimum Gasteiger partial charge on any atom is -1.00 e. The third kappa shape index (κ3) is 16.6. The molecule has 0 unspecified atom stereocenters. The standard InChI is InChI=1S/C23H50N.HI/c1-5-9-10-11-12-13-14-15-16-17-18-19-23-24(20-6-2,21-7-3)22-8-4;/h5-23H2,1-4H3;1H/q+1;/p-1. The molecule has 0 aliphatic rings. The molecule has 0 saturated heterocycles. The molecule has 25 heavy (non-hydrogen) atoms. The van der Waals surface area contributed by atoms with Crippen molar-refractivity contribution in [2.75, 3.05) is 26.2 Å². The topological polar surface area (TPSA) is 0 Å². The Morgan fingerprint density at radius 1 is 0.360 bits per heavy atom. The molecule has 0 aromatic carbocycles. The molecule has 0 bridgehead atoms. The van der Waals surface area contributed by atoms with Gasteiger partial charge in [-0.2, -0.15) is 0 Å². The molecule has 0 saturated carbocycles. The second-order valence-corrected chi connectivity index (χ2v) is 8.13. The molecular formula is C23H50IN. The summed E-state index contributed by atoms with van der Waals surface area (Å²) in [5.74, 6) is 0. The van der Waals surface area contributed by atoms with E-state index >= 15 is 0 Å².